The van der Waals surface area contributed by atoms with E-state index in [9.17, 15) is 53.9 Å². The molecule has 0 radical (unpaired) electrons. The molecule has 0 bridgehead atoms. The number of alkyl halides is 9. The summed E-state index contributed by atoms with van der Waals surface area (Å²) >= 11 is 0. The van der Waals surface area contributed by atoms with Crippen LogP contribution in [-0.4, -0.2) is 44.7 Å². The van der Waals surface area contributed by atoms with Crippen LogP contribution < -0.4 is 0 Å². The van der Waals surface area contributed by atoms with Crippen molar-refractivity contribution in [2.24, 2.45) is 0 Å². The molecule has 0 N–H and O–H groups in total. The molecule has 16 heteroatoms. The van der Waals surface area contributed by atoms with Crippen molar-refractivity contribution < 1.29 is 68.1 Å². The lowest BCUT2D eigenvalue weighted by molar-refractivity contribution is -0.288. The van der Waals surface area contributed by atoms with Gasteiger partial charge in [0.1, 0.15) is 0 Å². The summed E-state index contributed by atoms with van der Waals surface area (Å²) in [6.45, 7) is 0. The summed E-state index contributed by atoms with van der Waals surface area (Å²) in [6.07, 6.45) is -17.6. The predicted octanol–water partition coefficient (Wildman–Crippen LogP) is 2.93. The van der Waals surface area contributed by atoms with Crippen molar-refractivity contribution in [2.75, 3.05) is 0 Å². The molecule has 0 heterocycles. The lowest BCUT2D eigenvalue weighted by atomic mass is 11.3. The third-order valence-corrected chi connectivity index (χ3v) is 3.12. The van der Waals surface area contributed by atoms with Crippen LogP contribution in [0, 0.1) is 0 Å². The minimum absolute atomic E-state index is 2.46. The molecule has 0 atom stereocenters. The summed E-state index contributed by atoms with van der Waals surface area (Å²) in [5.41, 5.74) is -8.89. The molecule has 0 aromatic heterocycles. The smallest absolute Gasteiger partial charge is 0.377 e. The molecule has 0 saturated heterocycles. The van der Waals surface area contributed by atoms with Gasteiger partial charge in [0, 0.05) is 0 Å². The van der Waals surface area contributed by atoms with Gasteiger partial charge in [-0.3, -0.25) is 14.4 Å². The maximum absolute atomic E-state index is 11.7. The minimum atomic E-state index is -5.86. The molecule has 128 valence electrons. The zero-order valence-corrected chi connectivity index (χ0v) is 10.6. The van der Waals surface area contributed by atoms with Crippen molar-refractivity contribution in [1.82, 2.24) is 0 Å². The first kappa shape index (κ1) is 20.0. The van der Waals surface area contributed by atoms with Crippen LogP contribution in [0.25, 0.3) is 0 Å². The molecule has 0 amide bonds. The van der Waals surface area contributed by atoms with Crippen LogP contribution in [-0.2, 0) is 14.2 Å². The lowest BCUT2D eigenvalue weighted by Gasteiger charge is -2.15. The zero-order valence-electron chi connectivity index (χ0n) is 9.43. The largest absolute Gasteiger partial charge is 0.574 e. The van der Waals surface area contributed by atoms with E-state index in [0.29, 0.717) is 0 Å². The summed E-state index contributed by atoms with van der Waals surface area (Å²) in [4.78, 5) is 32.4. The second kappa shape index (κ2) is 6.40. The fraction of sp³-hybridized carbons (Fsp3) is 0.500. The third kappa shape index (κ3) is 8.32. The van der Waals surface area contributed by atoms with Crippen LogP contribution in [0.4, 0.5) is 53.9 Å². The molecule has 0 fully saturated rings. The molecule has 0 rings (SSSR count). The fourth-order valence-electron chi connectivity index (χ4n) is 0.808. The predicted molar refractivity (Wildman–Crippen MR) is 44.8 cm³/mol. The van der Waals surface area contributed by atoms with Gasteiger partial charge < -0.3 is 14.2 Å². The van der Waals surface area contributed by atoms with E-state index < -0.39 is 44.7 Å². The van der Waals surface area contributed by atoms with E-state index in [4.69, 9.17) is 0 Å². The summed E-state index contributed by atoms with van der Waals surface area (Å²) in [5, 5.41) is 0. The Morgan fingerprint density at radius 1 is 0.545 bits per heavy atom. The van der Waals surface area contributed by atoms with E-state index in [-0.39, 0.29) is 0 Å². The number of hydrogen-bond donors (Lipinski definition) is 0. The molecule has 0 unspecified atom stereocenters. The summed E-state index contributed by atoms with van der Waals surface area (Å²) in [5.74, 6) is 0. The van der Waals surface area contributed by atoms with E-state index in [1.54, 1.807) is 0 Å². The van der Waals surface area contributed by atoms with Crippen LogP contribution in [0.3, 0.4) is 0 Å². The number of halogens is 9. The van der Waals surface area contributed by atoms with Gasteiger partial charge in [0.25, 0.3) is 0 Å². The van der Waals surface area contributed by atoms with Gasteiger partial charge in [0.15, 0.2) is 0 Å². The number of carbonyl (C=O) groups is 3. The molecule has 0 aromatic carbocycles. The van der Waals surface area contributed by atoms with E-state index in [0.717, 1.165) is 0 Å². The highest BCUT2D eigenvalue weighted by atomic mass is 28.3. The molecular formula is C6HF9O6Si. The monoisotopic (exact) mass is 368 g/mol. The quantitative estimate of drug-likeness (QED) is 0.433. The minimum Gasteiger partial charge on any atom is -0.377 e. The van der Waals surface area contributed by atoms with Crippen molar-refractivity contribution in [3.8, 4) is 0 Å². The van der Waals surface area contributed by atoms with Gasteiger partial charge in [0.05, 0.1) is 0 Å². The zero-order chi connectivity index (χ0) is 17.9. The van der Waals surface area contributed by atoms with Gasteiger partial charge in [-0.15, -0.1) is 39.5 Å². The van der Waals surface area contributed by atoms with Crippen LogP contribution in [0.2, 0.25) is 0 Å². The van der Waals surface area contributed by atoms with Gasteiger partial charge in [-0.1, -0.05) is 0 Å². The highest BCUT2D eigenvalue weighted by molar-refractivity contribution is 7.25. The summed E-state index contributed by atoms with van der Waals surface area (Å²) < 4.78 is 113. The molecule has 0 spiro atoms. The SMILES string of the molecule is O=C(OC(F)(F)F)[SiH](C(=O)OC(F)(F)F)C(=O)OC(F)(F)F. The first-order chi connectivity index (χ1) is 9.52. The van der Waals surface area contributed by atoms with E-state index in [1.807, 2.05) is 0 Å². The Labute approximate surface area is 114 Å². The Bertz CT molecular complexity index is 384. The number of carbonyl (C=O) groups excluding carboxylic acids is 3. The molecule has 22 heavy (non-hydrogen) atoms. The van der Waals surface area contributed by atoms with Crippen molar-refractivity contribution in [3.05, 3.63) is 0 Å². The molecule has 0 saturated carbocycles. The van der Waals surface area contributed by atoms with Gasteiger partial charge in [-0.2, -0.15) is 0 Å². The topological polar surface area (TPSA) is 78.9 Å². The van der Waals surface area contributed by atoms with Crippen LogP contribution in [0.5, 0.6) is 0 Å². The Hall–Kier alpha value is -2.00. The molecule has 0 aliphatic rings. The van der Waals surface area contributed by atoms with Crippen molar-refractivity contribution in [1.29, 1.82) is 0 Å². The average molecular weight is 368 g/mol. The Morgan fingerprint density at radius 2 is 0.727 bits per heavy atom. The highest BCUT2D eigenvalue weighted by Gasteiger charge is 2.53. The fourth-order valence-corrected chi connectivity index (χ4v) is 2.14. The second-order valence-corrected chi connectivity index (χ2v) is 5.31. The summed E-state index contributed by atoms with van der Waals surface area (Å²) in [7, 11) is -5.56. The Kier molecular flexibility index (Phi) is 5.82. The number of rotatable bonds is 3. The lowest BCUT2D eigenvalue weighted by Crippen LogP contribution is -2.49. The van der Waals surface area contributed by atoms with Gasteiger partial charge in [-0.05, 0) is 0 Å². The standard InChI is InChI=1S/C6HF9O6Si/c7-4(8,9)19-1(16)22(2(17)20-5(10,11)12)3(18)21-6(13,14)15/h22H. The molecule has 0 aliphatic heterocycles. The maximum Gasteiger partial charge on any atom is 0.574 e. The molecule has 0 aliphatic carbocycles. The molecule has 0 aromatic rings. The Balaban J connectivity index is 5.36. The first-order valence-corrected chi connectivity index (χ1v) is 6.14. The second-order valence-electron chi connectivity index (χ2n) is 3.03. The van der Waals surface area contributed by atoms with Gasteiger partial charge in [0.2, 0.25) is 0 Å². The van der Waals surface area contributed by atoms with Gasteiger partial charge >= 0.3 is 44.7 Å². The normalized spacial score (nSPS) is 12.8. The van der Waals surface area contributed by atoms with E-state index >= 15 is 0 Å². The highest BCUT2D eigenvalue weighted by Crippen LogP contribution is 2.23. The molecular weight excluding hydrogens is 367 g/mol. The van der Waals surface area contributed by atoms with Crippen molar-refractivity contribution in [2.45, 2.75) is 19.1 Å². The number of hydrogen-bond acceptors (Lipinski definition) is 6. The third-order valence-electron chi connectivity index (χ3n) is 1.36. The van der Waals surface area contributed by atoms with Crippen LogP contribution in [0.15, 0.2) is 0 Å². The summed E-state index contributed by atoms with van der Waals surface area (Å²) in [6, 6.07) is 0. The average Bonchev–Trinajstić information content (AvgIpc) is 2.06. The number of ether oxygens (including phenoxy) is 3. The van der Waals surface area contributed by atoms with Gasteiger partial charge in [-0.25, -0.2) is 0 Å². The maximum atomic E-state index is 11.7. The molecule has 6 nitrogen and oxygen atoms in total. The first-order valence-electron chi connectivity index (χ1n) is 4.40. The van der Waals surface area contributed by atoms with Crippen LogP contribution in [0.1, 0.15) is 0 Å². The van der Waals surface area contributed by atoms with E-state index in [1.165, 1.54) is 0 Å². The van der Waals surface area contributed by atoms with E-state index in [2.05, 4.69) is 14.2 Å². The van der Waals surface area contributed by atoms with Crippen molar-refractivity contribution >= 4 is 25.6 Å². The van der Waals surface area contributed by atoms with Crippen LogP contribution >= 0.6 is 0 Å². The Morgan fingerprint density at radius 3 is 0.864 bits per heavy atom. The van der Waals surface area contributed by atoms with Crippen molar-refractivity contribution in [3.63, 3.8) is 0 Å².